The van der Waals surface area contributed by atoms with Crippen molar-refractivity contribution in [1.29, 1.82) is 0 Å². The number of benzene rings is 1. The van der Waals surface area contributed by atoms with Gasteiger partial charge in [0, 0.05) is 11.5 Å². The highest BCUT2D eigenvalue weighted by molar-refractivity contribution is 5.45. The zero-order chi connectivity index (χ0) is 15.2. The van der Waals surface area contributed by atoms with E-state index >= 15 is 0 Å². The fourth-order valence-corrected chi connectivity index (χ4v) is 5.42. The zero-order valence-corrected chi connectivity index (χ0v) is 13.7. The number of likely N-dealkylation sites (tertiary alicyclic amines) is 1. The Balaban J connectivity index is 1.78. The lowest BCUT2D eigenvalue weighted by molar-refractivity contribution is 0.00272. The van der Waals surface area contributed by atoms with Gasteiger partial charge in [-0.2, -0.15) is 0 Å². The van der Waals surface area contributed by atoms with Crippen molar-refractivity contribution >= 4 is 0 Å². The lowest BCUT2D eigenvalue weighted by Crippen LogP contribution is -2.59. The summed E-state index contributed by atoms with van der Waals surface area (Å²) in [5, 5.41) is 0. The molecule has 1 heterocycles. The Hall–Kier alpha value is -1.28. The van der Waals surface area contributed by atoms with Gasteiger partial charge >= 0.3 is 0 Å². The third-order valence-electron chi connectivity index (χ3n) is 6.45. The molecule has 22 heavy (non-hydrogen) atoms. The van der Waals surface area contributed by atoms with Crippen molar-refractivity contribution in [2.24, 2.45) is 5.92 Å². The van der Waals surface area contributed by atoms with E-state index in [1.165, 1.54) is 45.1 Å². The average molecular weight is 297 g/mol. The molecule has 0 N–H and O–H groups in total. The molecule has 2 heteroatoms. The van der Waals surface area contributed by atoms with Crippen LogP contribution in [0.3, 0.4) is 0 Å². The van der Waals surface area contributed by atoms with Crippen molar-refractivity contribution in [1.82, 2.24) is 4.90 Å². The van der Waals surface area contributed by atoms with Crippen LogP contribution >= 0.6 is 0 Å². The van der Waals surface area contributed by atoms with Gasteiger partial charge in [0.15, 0.2) is 0 Å². The molecule has 1 saturated carbocycles. The maximum Gasteiger partial charge on any atom is 0.120 e. The molecule has 0 amide bonds. The minimum absolute atomic E-state index is 0.427. The van der Waals surface area contributed by atoms with E-state index in [0.29, 0.717) is 12.0 Å². The second-order valence-corrected chi connectivity index (χ2v) is 7.43. The Bertz CT molecular complexity index is 581. The summed E-state index contributed by atoms with van der Waals surface area (Å²) >= 11 is 0. The van der Waals surface area contributed by atoms with Crippen LogP contribution in [0.25, 0.3) is 0 Å². The maximum absolute atomic E-state index is 5.83. The highest BCUT2D eigenvalue weighted by Crippen LogP contribution is 2.55. The van der Waals surface area contributed by atoms with Crippen LogP contribution < -0.4 is 4.74 Å². The minimum atomic E-state index is 0.427. The Morgan fingerprint density at radius 3 is 3.14 bits per heavy atom. The van der Waals surface area contributed by atoms with Gasteiger partial charge in [0.05, 0.1) is 0 Å². The predicted octanol–water partition coefficient (Wildman–Crippen LogP) is 3.94. The molecule has 0 spiro atoms. The summed E-state index contributed by atoms with van der Waals surface area (Å²) in [5.41, 5.74) is 3.61. The van der Waals surface area contributed by atoms with E-state index in [1.54, 1.807) is 11.1 Å². The van der Waals surface area contributed by atoms with Gasteiger partial charge in [-0.05, 0) is 68.5 Å². The third-order valence-corrected chi connectivity index (χ3v) is 6.45. The van der Waals surface area contributed by atoms with Gasteiger partial charge in [-0.25, -0.2) is 0 Å². The van der Waals surface area contributed by atoms with Gasteiger partial charge < -0.3 is 9.64 Å². The van der Waals surface area contributed by atoms with Crippen molar-refractivity contribution in [3.63, 3.8) is 0 Å². The minimum Gasteiger partial charge on any atom is -0.490 e. The van der Waals surface area contributed by atoms with Crippen molar-refractivity contribution in [2.75, 3.05) is 20.2 Å². The van der Waals surface area contributed by atoms with Crippen LogP contribution in [0.1, 0.15) is 43.2 Å². The molecule has 2 aliphatic carbocycles. The Labute approximate surface area is 134 Å². The van der Waals surface area contributed by atoms with Gasteiger partial charge in [0.2, 0.25) is 0 Å². The summed E-state index contributed by atoms with van der Waals surface area (Å²) in [4.78, 5) is 2.62. The van der Waals surface area contributed by atoms with Crippen LogP contribution in [0.2, 0.25) is 0 Å². The van der Waals surface area contributed by atoms with Crippen LogP contribution in [-0.4, -0.2) is 31.1 Å². The number of hydrogen-bond donors (Lipinski definition) is 0. The van der Waals surface area contributed by atoms with E-state index in [2.05, 4.69) is 36.7 Å². The van der Waals surface area contributed by atoms with Crippen molar-refractivity contribution < 1.29 is 4.74 Å². The van der Waals surface area contributed by atoms with Crippen molar-refractivity contribution in [3.05, 3.63) is 42.0 Å². The summed E-state index contributed by atoms with van der Waals surface area (Å²) < 4.78 is 5.83. The molecule has 2 bridgehead atoms. The maximum atomic E-state index is 5.83. The molecule has 3 aliphatic rings. The monoisotopic (exact) mass is 297 g/mol. The van der Waals surface area contributed by atoms with Crippen molar-refractivity contribution in [2.45, 2.75) is 50.0 Å². The number of fused-ring (bicyclic) bond motifs is 1. The molecule has 3 atom stereocenters. The fourth-order valence-electron chi connectivity index (χ4n) is 5.42. The molecule has 2 unspecified atom stereocenters. The Morgan fingerprint density at radius 2 is 2.27 bits per heavy atom. The topological polar surface area (TPSA) is 12.5 Å². The van der Waals surface area contributed by atoms with Gasteiger partial charge in [0.25, 0.3) is 0 Å². The Morgan fingerprint density at radius 1 is 1.36 bits per heavy atom. The lowest BCUT2D eigenvalue weighted by atomic mass is 9.52. The summed E-state index contributed by atoms with van der Waals surface area (Å²) in [6.45, 7) is 5.60. The molecule has 1 aromatic rings. The van der Waals surface area contributed by atoms with Gasteiger partial charge in [-0.3, -0.25) is 0 Å². The normalized spacial score (nSPS) is 33.7. The van der Waals surface area contributed by atoms with Crippen LogP contribution in [0.4, 0.5) is 0 Å². The number of nitrogens with zero attached hydrogens (tertiary/aromatic N) is 1. The molecular weight excluding hydrogens is 270 g/mol. The standard InChI is InChI=1S/C20H27NO/c1-3-12-22-16-8-7-15-13-19-17-6-4-5-9-20(17,18(15)14-16)10-11-21(19)2/h3,7-8,14,17,19H,1,4-6,9-13H2,2H3/t17?,19?,20-/m0/s1. The zero-order valence-electron chi connectivity index (χ0n) is 13.7. The van der Waals surface area contributed by atoms with Gasteiger partial charge in [-0.15, -0.1) is 0 Å². The number of piperidine rings is 1. The van der Waals surface area contributed by atoms with E-state index in [9.17, 15) is 0 Å². The first-order valence-electron chi connectivity index (χ1n) is 8.82. The van der Waals surface area contributed by atoms with Gasteiger partial charge in [-0.1, -0.05) is 31.6 Å². The summed E-state index contributed by atoms with van der Waals surface area (Å²) in [5.74, 6) is 1.87. The molecule has 0 radical (unpaired) electrons. The molecule has 1 saturated heterocycles. The summed E-state index contributed by atoms with van der Waals surface area (Å²) in [6.07, 6.45) is 9.96. The van der Waals surface area contributed by atoms with Crippen LogP contribution in [0.5, 0.6) is 5.75 Å². The molecule has 0 aromatic heterocycles. The third kappa shape index (κ3) is 2.04. The number of likely N-dealkylation sites (N-methyl/N-ethyl adjacent to an activating group) is 1. The number of hydrogen-bond acceptors (Lipinski definition) is 2. The first-order valence-corrected chi connectivity index (χ1v) is 8.82. The number of ether oxygens (including phenoxy) is 1. The van der Waals surface area contributed by atoms with E-state index in [4.69, 9.17) is 4.74 Å². The smallest absolute Gasteiger partial charge is 0.120 e. The SMILES string of the molecule is C=CCOc1ccc2c(c1)[C@]13CCCCC1C(C2)N(C)CC3. The predicted molar refractivity (Wildman–Crippen MR) is 90.5 cm³/mol. The quantitative estimate of drug-likeness (QED) is 0.784. The highest BCUT2D eigenvalue weighted by Gasteiger charge is 2.53. The highest BCUT2D eigenvalue weighted by atomic mass is 16.5. The van der Waals surface area contributed by atoms with E-state index in [0.717, 1.165) is 17.7 Å². The molecule has 2 fully saturated rings. The van der Waals surface area contributed by atoms with Gasteiger partial charge in [0.1, 0.15) is 12.4 Å². The van der Waals surface area contributed by atoms with E-state index in [1.807, 2.05) is 6.08 Å². The first kappa shape index (κ1) is 14.3. The molecule has 2 nitrogen and oxygen atoms in total. The molecule has 1 aliphatic heterocycles. The second kappa shape index (κ2) is 5.42. The largest absolute Gasteiger partial charge is 0.490 e. The van der Waals surface area contributed by atoms with E-state index in [-0.39, 0.29) is 0 Å². The fraction of sp³-hybridized carbons (Fsp3) is 0.600. The van der Waals surface area contributed by atoms with Crippen LogP contribution in [0, 0.1) is 5.92 Å². The number of rotatable bonds is 3. The lowest BCUT2D eigenvalue weighted by Gasteiger charge is -2.58. The van der Waals surface area contributed by atoms with Crippen LogP contribution in [-0.2, 0) is 11.8 Å². The first-order chi connectivity index (χ1) is 10.7. The average Bonchev–Trinajstić information content (AvgIpc) is 2.56. The Kier molecular flexibility index (Phi) is 3.53. The van der Waals surface area contributed by atoms with Crippen LogP contribution in [0.15, 0.2) is 30.9 Å². The molecular formula is C20H27NO. The molecule has 1 aromatic carbocycles. The molecule has 4 rings (SSSR count). The van der Waals surface area contributed by atoms with E-state index < -0.39 is 0 Å². The molecule has 118 valence electrons. The van der Waals surface area contributed by atoms with Crippen molar-refractivity contribution in [3.8, 4) is 5.75 Å². The summed E-state index contributed by atoms with van der Waals surface area (Å²) in [7, 11) is 2.33. The summed E-state index contributed by atoms with van der Waals surface area (Å²) in [6, 6.07) is 7.59. The second-order valence-electron chi connectivity index (χ2n) is 7.43.